The molecule has 0 radical (unpaired) electrons. The SMILES string of the molecule is CCC(C)(CBr)CCSc1ccccc1. The molecule has 0 nitrogen and oxygen atoms in total. The topological polar surface area (TPSA) is 0 Å². The smallest absolute Gasteiger partial charge is 0.00855 e. The molecule has 0 heterocycles. The molecular formula is C13H19BrS. The van der Waals surface area contributed by atoms with Gasteiger partial charge in [0.05, 0.1) is 0 Å². The highest BCUT2D eigenvalue weighted by atomic mass is 79.9. The van der Waals surface area contributed by atoms with Gasteiger partial charge in [0.15, 0.2) is 0 Å². The third-order valence-electron chi connectivity index (χ3n) is 2.89. The van der Waals surface area contributed by atoms with Crippen molar-refractivity contribution in [3.05, 3.63) is 30.3 Å². The maximum absolute atomic E-state index is 3.61. The molecule has 1 aromatic rings. The zero-order chi connectivity index (χ0) is 11.1. The lowest BCUT2D eigenvalue weighted by Crippen LogP contribution is -2.17. The van der Waals surface area contributed by atoms with Crippen molar-refractivity contribution in [1.29, 1.82) is 0 Å². The molecule has 0 amide bonds. The van der Waals surface area contributed by atoms with E-state index in [2.05, 4.69) is 60.1 Å². The molecule has 2 heteroatoms. The lowest BCUT2D eigenvalue weighted by atomic mass is 9.87. The molecule has 0 N–H and O–H groups in total. The van der Waals surface area contributed by atoms with Crippen LogP contribution in [-0.4, -0.2) is 11.1 Å². The number of hydrogen-bond acceptors (Lipinski definition) is 1. The highest BCUT2D eigenvalue weighted by Gasteiger charge is 2.19. The fourth-order valence-electron chi connectivity index (χ4n) is 1.27. The van der Waals surface area contributed by atoms with Crippen LogP contribution in [0.1, 0.15) is 26.7 Å². The third-order valence-corrected chi connectivity index (χ3v) is 5.26. The molecule has 1 unspecified atom stereocenters. The largest absolute Gasteiger partial charge is 0.126 e. The van der Waals surface area contributed by atoms with Gasteiger partial charge in [-0.05, 0) is 36.1 Å². The summed E-state index contributed by atoms with van der Waals surface area (Å²) in [7, 11) is 0. The summed E-state index contributed by atoms with van der Waals surface area (Å²) in [5.74, 6) is 1.21. The molecule has 0 bridgehead atoms. The van der Waals surface area contributed by atoms with Crippen molar-refractivity contribution in [3.8, 4) is 0 Å². The molecular weight excluding hydrogens is 268 g/mol. The molecule has 0 aliphatic rings. The van der Waals surface area contributed by atoms with Gasteiger partial charge in [-0.25, -0.2) is 0 Å². The Bertz CT molecular complexity index is 267. The molecule has 1 aromatic carbocycles. The third kappa shape index (κ3) is 4.60. The van der Waals surface area contributed by atoms with Gasteiger partial charge in [0, 0.05) is 10.2 Å². The van der Waals surface area contributed by atoms with Gasteiger partial charge in [-0.1, -0.05) is 48.0 Å². The van der Waals surface area contributed by atoms with E-state index >= 15 is 0 Å². The summed E-state index contributed by atoms with van der Waals surface area (Å²) in [6.07, 6.45) is 2.52. The summed E-state index contributed by atoms with van der Waals surface area (Å²) in [4.78, 5) is 1.38. The molecule has 0 aliphatic heterocycles. The molecule has 1 atom stereocenters. The highest BCUT2D eigenvalue weighted by molar-refractivity contribution is 9.09. The molecule has 1 rings (SSSR count). The van der Waals surface area contributed by atoms with Gasteiger partial charge in [0.1, 0.15) is 0 Å². The van der Waals surface area contributed by atoms with Crippen molar-refractivity contribution in [3.63, 3.8) is 0 Å². The number of halogens is 1. The van der Waals surface area contributed by atoms with Gasteiger partial charge in [-0.15, -0.1) is 11.8 Å². The molecule has 0 aromatic heterocycles. The minimum atomic E-state index is 0.460. The zero-order valence-corrected chi connectivity index (χ0v) is 11.9. The van der Waals surface area contributed by atoms with Crippen LogP contribution in [-0.2, 0) is 0 Å². The second kappa shape index (κ2) is 6.59. The Labute approximate surface area is 106 Å². The lowest BCUT2D eigenvalue weighted by Gasteiger charge is -2.25. The standard InChI is InChI=1S/C13H19BrS/c1-3-13(2,11-14)9-10-15-12-7-5-4-6-8-12/h4-8H,3,9-11H2,1-2H3. The van der Waals surface area contributed by atoms with E-state index in [-0.39, 0.29) is 0 Å². The van der Waals surface area contributed by atoms with Gasteiger partial charge in [-0.3, -0.25) is 0 Å². The molecule has 15 heavy (non-hydrogen) atoms. The van der Waals surface area contributed by atoms with Gasteiger partial charge < -0.3 is 0 Å². The monoisotopic (exact) mass is 286 g/mol. The number of hydrogen-bond donors (Lipinski definition) is 0. The van der Waals surface area contributed by atoms with Gasteiger partial charge >= 0.3 is 0 Å². The first-order valence-corrected chi connectivity index (χ1v) is 7.55. The van der Waals surface area contributed by atoms with Crippen LogP contribution < -0.4 is 0 Å². The molecule has 84 valence electrons. The Morgan fingerprint density at radius 3 is 2.47 bits per heavy atom. The Balaban J connectivity index is 2.33. The number of rotatable bonds is 6. The predicted octanol–water partition coefficient (Wildman–Crippen LogP) is 4.98. The maximum Gasteiger partial charge on any atom is 0.00855 e. The maximum atomic E-state index is 3.61. The number of benzene rings is 1. The average Bonchev–Trinajstić information content (AvgIpc) is 2.30. The van der Waals surface area contributed by atoms with Crippen molar-refractivity contribution in [1.82, 2.24) is 0 Å². The van der Waals surface area contributed by atoms with Crippen molar-refractivity contribution >= 4 is 27.7 Å². The Morgan fingerprint density at radius 1 is 1.27 bits per heavy atom. The van der Waals surface area contributed by atoms with Crippen LogP contribution in [0.15, 0.2) is 35.2 Å². The average molecular weight is 287 g/mol. The molecule has 0 saturated heterocycles. The van der Waals surface area contributed by atoms with E-state index in [1.165, 1.54) is 23.5 Å². The predicted molar refractivity (Wildman–Crippen MR) is 74.0 cm³/mol. The summed E-state index contributed by atoms with van der Waals surface area (Å²) in [5, 5.41) is 1.10. The summed E-state index contributed by atoms with van der Waals surface area (Å²) >= 11 is 5.57. The van der Waals surface area contributed by atoms with E-state index < -0.39 is 0 Å². The Morgan fingerprint density at radius 2 is 1.93 bits per heavy atom. The van der Waals surface area contributed by atoms with E-state index in [0.717, 1.165) is 5.33 Å². The molecule has 0 spiro atoms. The van der Waals surface area contributed by atoms with E-state index in [1.54, 1.807) is 0 Å². The van der Waals surface area contributed by atoms with E-state index in [9.17, 15) is 0 Å². The zero-order valence-electron chi connectivity index (χ0n) is 9.50. The fourth-order valence-corrected chi connectivity index (χ4v) is 3.13. The summed E-state index contributed by atoms with van der Waals surface area (Å²) in [6.45, 7) is 4.63. The fraction of sp³-hybridized carbons (Fsp3) is 0.538. The molecule has 0 fully saturated rings. The van der Waals surface area contributed by atoms with Gasteiger partial charge in [0.2, 0.25) is 0 Å². The Kier molecular flexibility index (Phi) is 5.77. The lowest BCUT2D eigenvalue weighted by molar-refractivity contribution is 0.353. The second-order valence-electron chi connectivity index (χ2n) is 4.21. The Hall–Kier alpha value is 0.0500. The minimum absolute atomic E-state index is 0.460. The van der Waals surface area contributed by atoms with Crippen LogP contribution in [0.4, 0.5) is 0 Å². The second-order valence-corrected chi connectivity index (χ2v) is 5.94. The van der Waals surface area contributed by atoms with Crippen molar-refractivity contribution in [2.75, 3.05) is 11.1 Å². The van der Waals surface area contributed by atoms with Crippen LogP contribution in [0.2, 0.25) is 0 Å². The first-order valence-electron chi connectivity index (χ1n) is 5.44. The van der Waals surface area contributed by atoms with Crippen molar-refractivity contribution in [2.24, 2.45) is 5.41 Å². The first-order chi connectivity index (χ1) is 7.20. The molecule has 0 saturated carbocycles. The van der Waals surface area contributed by atoms with Gasteiger partial charge in [0.25, 0.3) is 0 Å². The van der Waals surface area contributed by atoms with Crippen LogP contribution in [0.5, 0.6) is 0 Å². The summed E-state index contributed by atoms with van der Waals surface area (Å²) < 4.78 is 0. The number of alkyl halides is 1. The van der Waals surface area contributed by atoms with Crippen molar-refractivity contribution in [2.45, 2.75) is 31.6 Å². The van der Waals surface area contributed by atoms with E-state index in [4.69, 9.17) is 0 Å². The van der Waals surface area contributed by atoms with E-state index in [1.807, 2.05) is 11.8 Å². The van der Waals surface area contributed by atoms with E-state index in [0.29, 0.717) is 5.41 Å². The minimum Gasteiger partial charge on any atom is -0.126 e. The summed E-state index contributed by atoms with van der Waals surface area (Å²) in [5.41, 5.74) is 0.460. The number of thioether (sulfide) groups is 1. The molecule has 0 aliphatic carbocycles. The van der Waals surface area contributed by atoms with Crippen molar-refractivity contribution < 1.29 is 0 Å². The quantitative estimate of drug-likeness (QED) is 0.525. The normalized spacial score (nSPS) is 14.9. The van der Waals surface area contributed by atoms with Crippen LogP contribution >= 0.6 is 27.7 Å². The van der Waals surface area contributed by atoms with Crippen LogP contribution in [0.25, 0.3) is 0 Å². The summed E-state index contributed by atoms with van der Waals surface area (Å²) in [6, 6.07) is 10.6. The van der Waals surface area contributed by atoms with Gasteiger partial charge in [-0.2, -0.15) is 0 Å². The van der Waals surface area contributed by atoms with Crippen LogP contribution in [0, 0.1) is 5.41 Å². The van der Waals surface area contributed by atoms with Crippen LogP contribution in [0.3, 0.4) is 0 Å². The highest BCUT2D eigenvalue weighted by Crippen LogP contribution is 2.31. The first kappa shape index (κ1) is 13.1.